The van der Waals surface area contributed by atoms with Crippen LogP contribution in [-0.2, 0) is 9.84 Å². The minimum Gasteiger partial charge on any atom is -0.428 e. The Labute approximate surface area is 163 Å². The quantitative estimate of drug-likeness (QED) is 0.326. The number of unbranched alkanes of at least 4 members (excludes halogenated alkanes) is 1. The highest BCUT2D eigenvalue weighted by atomic mass is 79.9. The number of thiophene rings is 1. The first-order valence-corrected chi connectivity index (χ1v) is 11.8. The van der Waals surface area contributed by atoms with Crippen molar-refractivity contribution < 1.29 is 12.8 Å². The Morgan fingerprint density at radius 3 is 2.64 bits per heavy atom. The number of nitrogens with zero attached hydrogens (tertiary/aromatic N) is 1. The van der Waals surface area contributed by atoms with Crippen LogP contribution in [-0.4, -0.2) is 19.2 Å². The van der Waals surface area contributed by atoms with Gasteiger partial charge in [0.25, 0.3) is 0 Å². The SMILES string of the molecule is CCCCSc1oc(-c2cccs2)nc1S(=O)(=O)c1ccc(Br)cc1. The Morgan fingerprint density at radius 2 is 2.00 bits per heavy atom. The van der Waals surface area contributed by atoms with E-state index >= 15 is 0 Å². The summed E-state index contributed by atoms with van der Waals surface area (Å²) in [4.78, 5) is 5.35. The van der Waals surface area contributed by atoms with Crippen LogP contribution >= 0.6 is 39.0 Å². The van der Waals surface area contributed by atoms with Gasteiger partial charge in [0.15, 0.2) is 0 Å². The van der Waals surface area contributed by atoms with Gasteiger partial charge >= 0.3 is 0 Å². The monoisotopic (exact) mass is 457 g/mol. The van der Waals surface area contributed by atoms with Crippen molar-refractivity contribution in [3.63, 3.8) is 0 Å². The predicted molar refractivity (Wildman–Crippen MR) is 105 cm³/mol. The minimum atomic E-state index is -3.74. The number of rotatable bonds is 7. The van der Waals surface area contributed by atoms with Crippen molar-refractivity contribution in [2.24, 2.45) is 0 Å². The molecule has 0 atom stereocenters. The van der Waals surface area contributed by atoms with Crippen LogP contribution in [0.3, 0.4) is 0 Å². The van der Waals surface area contributed by atoms with Gasteiger partial charge in [0.05, 0.1) is 9.77 Å². The van der Waals surface area contributed by atoms with Gasteiger partial charge < -0.3 is 4.42 Å². The molecular weight excluding hydrogens is 442 g/mol. The average Bonchev–Trinajstić information content (AvgIpc) is 3.25. The maximum atomic E-state index is 13.0. The van der Waals surface area contributed by atoms with Crippen LogP contribution in [0.1, 0.15) is 19.8 Å². The van der Waals surface area contributed by atoms with Gasteiger partial charge in [0.2, 0.25) is 25.8 Å². The molecule has 0 spiro atoms. The Kier molecular flexibility index (Phi) is 6.04. The third kappa shape index (κ3) is 4.19. The molecule has 3 rings (SSSR count). The molecule has 0 aliphatic heterocycles. The number of sulfone groups is 1. The zero-order chi connectivity index (χ0) is 17.9. The molecule has 0 radical (unpaired) electrons. The summed E-state index contributed by atoms with van der Waals surface area (Å²) in [7, 11) is -3.74. The summed E-state index contributed by atoms with van der Waals surface area (Å²) in [5.41, 5.74) is 0. The van der Waals surface area contributed by atoms with E-state index in [1.165, 1.54) is 23.1 Å². The van der Waals surface area contributed by atoms with E-state index in [0.29, 0.717) is 11.0 Å². The minimum absolute atomic E-state index is 0.000625. The summed E-state index contributed by atoms with van der Waals surface area (Å²) in [6.45, 7) is 2.09. The Bertz CT molecular complexity index is 932. The molecule has 0 N–H and O–H groups in total. The third-order valence-electron chi connectivity index (χ3n) is 3.41. The fourth-order valence-electron chi connectivity index (χ4n) is 2.09. The molecule has 0 aliphatic rings. The maximum Gasteiger partial charge on any atom is 0.238 e. The fourth-order valence-corrected chi connectivity index (χ4v) is 5.62. The van der Waals surface area contributed by atoms with Gasteiger partial charge in [-0.3, -0.25) is 0 Å². The average molecular weight is 458 g/mol. The molecule has 2 aromatic heterocycles. The number of benzene rings is 1. The summed E-state index contributed by atoms with van der Waals surface area (Å²) >= 11 is 6.19. The summed E-state index contributed by atoms with van der Waals surface area (Å²) in [6, 6.07) is 10.3. The molecule has 8 heteroatoms. The number of aromatic nitrogens is 1. The number of oxazole rings is 1. The first-order chi connectivity index (χ1) is 12.0. The highest BCUT2D eigenvalue weighted by Gasteiger charge is 2.28. The van der Waals surface area contributed by atoms with Crippen LogP contribution < -0.4 is 0 Å². The second-order valence-electron chi connectivity index (χ2n) is 5.25. The Balaban J connectivity index is 2.04. The Hall–Kier alpha value is -1.09. The van der Waals surface area contributed by atoms with Crippen molar-refractivity contribution in [1.82, 2.24) is 4.98 Å². The molecule has 2 heterocycles. The topological polar surface area (TPSA) is 60.2 Å². The number of hydrogen-bond acceptors (Lipinski definition) is 6. The molecule has 25 heavy (non-hydrogen) atoms. The van der Waals surface area contributed by atoms with Crippen molar-refractivity contribution in [2.45, 2.75) is 34.8 Å². The molecule has 3 aromatic rings. The lowest BCUT2D eigenvalue weighted by Gasteiger charge is -2.03. The lowest BCUT2D eigenvalue weighted by atomic mass is 10.4. The highest BCUT2D eigenvalue weighted by Crippen LogP contribution is 2.36. The van der Waals surface area contributed by atoms with Crippen molar-refractivity contribution in [1.29, 1.82) is 0 Å². The molecule has 0 fully saturated rings. The van der Waals surface area contributed by atoms with Gasteiger partial charge in [-0.25, -0.2) is 8.42 Å². The van der Waals surface area contributed by atoms with Crippen LogP contribution in [0, 0.1) is 0 Å². The second-order valence-corrected chi connectivity index (χ2v) is 10.0. The van der Waals surface area contributed by atoms with Crippen molar-refractivity contribution in [3.8, 4) is 10.8 Å². The molecule has 0 aliphatic carbocycles. The van der Waals surface area contributed by atoms with Crippen molar-refractivity contribution in [2.75, 3.05) is 5.75 Å². The van der Waals surface area contributed by atoms with Gasteiger partial charge in [0.1, 0.15) is 0 Å². The standard InChI is InChI=1S/C17H16BrNO3S3/c1-2-3-10-24-17-16(19-15(22-17)14-5-4-11-23-14)25(20,21)13-8-6-12(18)7-9-13/h4-9,11H,2-3,10H2,1H3. The summed E-state index contributed by atoms with van der Waals surface area (Å²) in [5.74, 6) is 1.14. The highest BCUT2D eigenvalue weighted by molar-refractivity contribution is 9.10. The zero-order valence-corrected chi connectivity index (χ0v) is 17.5. The summed E-state index contributed by atoms with van der Waals surface area (Å²) in [6.07, 6.45) is 2.02. The van der Waals surface area contributed by atoms with Crippen molar-refractivity contribution in [3.05, 3.63) is 46.3 Å². The summed E-state index contributed by atoms with van der Waals surface area (Å²) in [5, 5.41) is 2.27. The molecule has 0 unspecified atom stereocenters. The fraction of sp³-hybridized carbons (Fsp3) is 0.235. The number of halogens is 1. The van der Waals surface area contributed by atoms with E-state index < -0.39 is 9.84 Å². The van der Waals surface area contributed by atoms with Crippen molar-refractivity contribution >= 4 is 48.9 Å². The van der Waals surface area contributed by atoms with Gasteiger partial charge in [-0.2, -0.15) is 4.98 Å². The molecule has 0 bridgehead atoms. The first kappa shape index (κ1) is 18.7. The lowest BCUT2D eigenvalue weighted by Crippen LogP contribution is -2.04. The van der Waals surface area contributed by atoms with Crippen LogP contribution in [0.25, 0.3) is 10.8 Å². The third-order valence-corrected chi connectivity index (χ3v) is 7.63. The van der Waals surface area contributed by atoms with E-state index in [-0.39, 0.29) is 9.92 Å². The van der Waals surface area contributed by atoms with E-state index in [2.05, 4.69) is 27.8 Å². The smallest absolute Gasteiger partial charge is 0.238 e. The van der Waals surface area contributed by atoms with Gasteiger partial charge in [0, 0.05) is 10.2 Å². The molecule has 1 aromatic carbocycles. The van der Waals surface area contributed by atoms with E-state index in [4.69, 9.17) is 4.42 Å². The number of thioether (sulfide) groups is 1. The maximum absolute atomic E-state index is 13.0. The molecule has 132 valence electrons. The molecule has 4 nitrogen and oxygen atoms in total. The molecule has 0 saturated heterocycles. The molecular formula is C17H16BrNO3S3. The number of hydrogen-bond donors (Lipinski definition) is 0. The summed E-state index contributed by atoms with van der Waals surface area (Å²) < 4.78 is 32.7. The molecule has 0 amide bonds. The van der Waals surface area contributed by atoms with Gasteiger partial charge in [-0.15, -0.1) is 11.3 Å². The predicted octanol–water partition coefficient (Wildman–Crippen LogP) is 5.89. The van der Waals surface area contributed by atoms with E-state index in [1.807, 2.05) is 17.5 Å². The van der Waals surface area contributed by atoms with Crippen LogP contribution in [0.5, 0.6) is 0 Å². The van der Waals surface area contributed by atoms with E-state index in [1.54, 1.807) is 24.3 Å². The second kappa shape index (κ2) is 8.07. The first-order valence-electron chi connectivity index (χ1n) is 7.70. The van der Waals surface area contributed by atoms with E-state index in [9.17, 15) is 8.42 Å². The van der Waals surface area contributed by atoms with Gasteiger partial charge in [-0.1, -0.05) is 47.1 Å². The van der Waals surface area contributed by atoms with E-state index in [0.717, 1.165) is 27.9 Å². The normalized spacial score (nSPS) is 11.8. The van der Waals surface area contributed by atoms with Crippen LogP contribution in [0.15, 0.2) is 65.7 Å². The van der Waals surface area contributed by atoms with Gasteiger partial charge in [-0.05, 0) is 42.1 Å². The lowest BCUT2D eigenvalue weighted by molar-refractivity contribution is 0.471. The zero-order valence-electron chi connectivity index (χ0n) is 13.4. The molecule has 0 saturated carbocycles. The van der Waals surface area contributed by atoms with Crippen LogP contribution in [0.4, 0.5) is 0 Å². The van der Waals surface area contributed by atoms with Crippen LogP contribution in [0.2, 0.25) is 0 Å². The Morgan fingerprint density at radius 1 is 1.24 bits per heavy atom. The largest absolute Gasteiger partial charge is 0.428 e.